The number of urea groups is 1. The Balaban J connectivity index is 1.71. The second kappa shape index (κ2) is 8.39. The highest BCUT2D eigenvalue weighted by molar-refractivity contribution is 9.10. The number of hydrogen-bond acceptors (Lipinski definition) is 2. The molecule has 3 rings (SSSR count). The molecule has 2 aromatic carbocycles. The summed E-state index contributed by atoms with van der Waals surface area (Å²) in [7, 11) is 0. The quantitative estimate of drug-likeness (QED) is 0.408. The second-order valence-electron chi connectivity index (χ2n) is 6.40. The van der Waals surface area contributed by atoms with E-state index in [1.54, 1.807) is 30.5 Å². The number of hydrazone groups is 1. The molecule has 0 unspecified atom stereocenters. The summed E-state index contributed by atoms with van der Waals surface area (Å²) in [5.74, 6) is -0.296. The smallest absolute Gasteiger partial charge is 0.315 e. The molecule has 1 heterocycles. The summed E-state index contributed by atoms with van der Waals surface area (Å²) in [5.41, 5.74) is 7.11. The first-order valence-corrected chi connectivity index (χ1v) is 9.46. The molecule has 3 aromatic rings. The lowest BCUT2D eigenvalue weighted by molar-refractivity contribution is 0.252. The average Bonchev–Trinajstić information content (AvgIpc) is 2.92. The number of rotatable bonds is 4. The summed E-state index contributed by atoms with van der Waals surface area (Å²) in [5, 5.41) is 6.73. The summed E-state index contributed by atoms with van der Waals surface area (Å²) in [6.07, 6.45) is 1.55. The Bertz CT molecular complexity index is 1060. The van der Waals surface area contributed by atoms with Crippen LogP contribution in [0.15, 0.2) is 58.1 Å². The van der Waals surface area contributed by atoms with Gasteiger partial charge in [-0.15, -0.1) is 0 Å². The van der Waals surface area contributed by atoms with Gasteiger partial charge >= 0.3 is 6.03 Å². The zero-order valence-corrected chi connectivity index (χ0v) is 17.3. The Hall–Kier alpha value is -2.93. The van der Waals surface area contributed by atoms with Crippen molar-refractivity contribution < 1.29 is 9.18 Å². The SMILES string of the molecule is Cc1cc(NC(=O)N/N=C/c2cc(C)n(-c3ccccc3F)c2C)ccc1Br. The molecular weight excluding hydrogens is 423 g/mol. The molecule has 5 nitrogen and oxygen atoms in total. The van der Waals surface area contributed by atoms with Crippen LogP contribution in [0.4, 0.5) is 14.9 Å². The first-order valence-electron chi connectivity index (χ1n) is 8.67. The van der Waals surface area contributed by atoms with E-state index in [0.29, 0.717) is 11.4 Å². The monoisotopic (exact) mass is 442 g/mol. The molecule has 7 heteroatoms. The number of hydrogen-bond donors (Lipinski definition) is 2. The minimum atomic E-state index is -0.444. The van der Waals surface area contributed by atoms with Crippen LogP contribution in [0, 0.1) is 26.6 Å². The maximum Gasteiger partial charge on any atom is 0.339 e. The normalized spacial score (nSPS) is 11.0. The topological polar surface area (TPSA) is 58.4 Å². The van der Waals surface area contributed by atoms with Crippen LogP contribution in [0.5, 0.6) is 0 Å². The van der Waals surface area contributed by atoms with Crippen molar-refractivity contribution in [3.63, 3.8) is 0 Å². The Labute approximate surface area is 171 Å². The molecule has 0 saturated carbocycles. The number of benzene rings is 2. The first kappa shape index (κ1) is 19.8. The molecule has 144 valence electrons. The van der Waals surface area contributed by atoms with Crippen LogP contribution in [0.2, 0.25) is 0 Å². The second-order valence-corrected chi connectivity index (χ2v) is 7.26. The van der Waals surface area contributed by atoms with Crippen molar-refractivity contribution in [3.8, 4) is 5.69 Å². The molecule has 0 aliphatic heterocycles. The van der Waals surface area contributed by atoms with Crippen molar-refractivity contribution in [1.29, 1.82) is 0 Å². The number of para-hydroxylation sites is 1. The molecule has 28 heavy (non-hydrogen) atoms. The van der Waals surface area contributed by atoms with Gasteiger partial charge in [-0.1, -0.05) is 28.1 Å². The summed E-state index contributed by atoms with van der Waals surface area (Å²) in [4.78, 5) is 12.0. The molecule has 0 bridgehead atoms. The van der Waals surface area contributed by atoms with Gasteiger partial charge in [-0.3, -0.25) is 0 Å². The van der Waals surface area contributed by atoms with Gasteiger partial charge in [-0.2, -0.15) is 5.10 Å². The number of anilines is 1. The van der Waals surface area contributed by atoms with Gasteiger partial charge in [-0.05, 0) is 62.7 Å². The van der Waals surface area contributed by atoms with Gasteiger partial charge in [-0.25, -0.2) is 14.6 Å². The molecule has 0 aliphatic rings. The van der Waals surface area contributed by atoms with Crippen molar-refractivity contribution in [2.75, 3.05) is 5.32 Å². The zero-order valence-electron chi connectivity index (χ0n) is 15.8. The minimum absolute atomic E-state index is 0.296. The van der Waals surface area contributed by atoms with Crippen LogP contribution in [0.25, 0.3) is 5.69 Å². The van der Waals surface area contributed by atoms with Crippen molar-refractivity contribution >= 4 is 33.9 Å². The first-order chi connectivity index (χ1) is 13.4. The molecule has 2 N–H and O–H groups in total. The third-order valence-corrected chi connectivity index (χ3v) is 5.24. The predicted molar refractivity (Wildman–Crippen MR) is 114 cm³/mol. The number of halogens is 2. The lowest BCUT2D eigenvalue weighted by Gasteiger charge is -2.10. The Kier molecular flexibility index (Phi) is 5.94. The molecule has 0 radical (unpaired) electrons. The van der Waals surface area contributed by atoms with Gasteiger partial charge in [0.05, 0.1) is 11.9 Å². The van der Waals surface area contributed by atoms with Crippen molar-refractivity contribution in [2.45, 2.75) is 20.8 Å². The molecule has 0 aliphatic carbocycles. The third-order valence-electron chi connectivity index (χ3n) is 4.35. The highest BCUT2D eigenvalue weighted by Crippen LogP contribution is 2.22. The third kappa shape index (κ3) is 4.31. The van der Waals surface area contributed by atoms with E-state index < -0.39 is 6.03 Å². The number of aromatic nitrogens is 1. The predicted octanol–water partition coefficient (Wildman–Crippen LogP) is 5.46. The summed E-state index contributed by atoms with van der Waals surface area (Å²) < 4.78 is 16.9. The van der Waals surface area contributed by atoms with Gasteiger partial charge in [0, 0.05) is 27.1 Å². The van der Waals surface area contributed by atoms with E-state index in [1.165, 1.54) is 6.07 Å². The van der Waals surface area contributed by atoms with Crippen LogP contribution in [-0.2, 0) is 0 Å². The largest absolute Gasteiger partial charge is 0.339 e. The fraction of sp³-hybridized carbons (Fsp3) is 0.143. The molecule has 0 saturated heterocycles. The van der Waals surface area contributed by atoms with Crippen LogP contribution >= 0.6 is 15.9 Å². The molecule has 1 aromatic heterocycles. The molecular formula is C21H20BrFN4O. The molecule has 0 spiro atoms. The zero-order chi connectivity index (χ0) is 20.3. The van der Waals surface area contributed by atoms with E-state index in [2.05, 4.69) is 31.8 Å². The average molecular weight is 443 g/mol. The van der Waals surface area contributed by atoms with Crippen molar-refractivity contribution in [1.82, 2.24) is 9.99 Å². The van der Waals surface area contributed by atoms with Crippen molar-refractivity contribution in [2.24, 2.45) is 5.10 Å². The van der Waals surface area contributed by atoms with E-state index in [-0.39, 0.29) is 5.82 Å². The van der Waals surface area contributed by atoms with Crippen LogP contribution in [0.1, 0.15) is 22.5 Å². The number of carbonyl (C=O) groups is 1. The van der Waals surface area contributed by atoms with Gasteiger partial charge < -0.3 is 9.88 Å². The van der Waals surface area contributed by atoms with Gasteiger partial charge in [0.15, 0.2) is 0 Å². The number of carbonyl (C=O) groups excluding carboxylic acids is 1. The van der Waals surface area contributed by atoms with E-state index in [1.807, 2.05) is 43.5 Å². The number of nitrogens with zero attached hydrogens (tertiary/aromatic N) is 2. The van der Waals surface area contributed by atoms with E-state index in [9.17, 15) is 9.18 Å². The maximum absolute atomic E-state index is 14.1. The van der Waals surface area contributed by atoms with Gasteiger partial charge in [0.1, 0.15) is 5.82 Å². The summed E-state index contributed by atoms with van der Waals surface area (Å²) >= 11 is 3.42. The fourth-order valence-corrected chi connectivity index (χ4v) is 3.21. The molecule has 0 atom stereocenters. The number of aryl methyl sites for hydroxylation is 2. The van der Waals surface area contributed by atoms with E-state index in [0.717, 1.165) is 27.0 Å². The van der Waals surface area contributed by atoms with E-state index >= 15 is 0 Å². The van der Waals surface area contributed by atoms with Crippen LogP contribution in [0.3, 0.4) is 0 Å². The minimum Gasteiger partial charge on any atom is -0.315 e. The highest BCUT2D eigenvalue weighted by Gasteiger charge is 2.12. The van der Waals surface area contributed by atoms with E-state index in [4.69, 9.17) is 0 Å². The Morgan fingerprint density at radius 3 is 2.61 bits per heavy atom. The Morgan fingerprint density at radius 2 is 1.89 bits per heavy atom. The van der Waals surface area contributed by atoms with Gasteiger partial charge in [0.25, 0.3) is 0 Å². The van der Waals surface area contributed by atoms with Crippen LogP contribution < -0.4 is 10.7 Å². The Morgan fingerprint density at radius 1 is 1.14 bits per heavy atom. The highest BCUT2D eigenvalue weighted by atomic mass is 79.9. The number of amides is 2. The summed E-state index contributed by atoms with van der Waals surface area (Å²) in [6, 6.07) is 13.6. The van der Waals surface area contributed by atoms with Crippen molar-refractivity contribution in [3.05, 3.63) is 81.3 Å². The number of nitrogens with one attached hydrogen (secondary N) is 2. The summed E-state index contributed by atoms with van der Waals surface area (Å²) in [6.45, 7) is 5.72. The lowest BCUT2D eigenvalue weighted by atomic mass is 10.2. The molecule has 2 amide bonds. The lowest BCUT2D eigenvalue weighted by Crippen LogP contribution is -2.24. The maximum atomic E-state index is 14.1. The standard InChI is InChI=1S/C21H20BrFN4O/c1-13-10-17(8-9-18(13)22)25-21(28)26-24-12-16-11-14(2)27(15(16)3)20-7-5-4-6-19(20)23/h4-12H,1-3H3,(H2,25,26,28)/b24-12+. The van der Waals surface area contributed by atoms with Crippen LogP contribution in [-0.4, -0.2) is 16.8 Å². The van der Waals surface area contributed by atoms with Gasteiger partial charge in [0.2, 0.25) is 0 Å². The fourth-order valence-electron chi connectivity index (χ4n) is 2.96. The molecule has 0 fully saturated rings.